The molecule has 2 aromatic rings. The zero-order chi connectivity index (χ0) is 10.8. The summed E-state index contributed by atoms with van der Waals surface area (Å²) in [6, 6.07) is 10.8. The lowest BCUT2D eigenvalue weighted by molar-refractivity contribution is 0.585. The number of rotatable bonds is 1. The third kappa shape index (κ3) is 2.07. The Morgan fingerprint density at radius 3 is 2.27 bits per heavy atom. The lowest BCUT2D eigenvalue weighted by atomic mass is 10.1. The van der Waals surface area contributed by atoms with Crippen LogP contribution in [-0.2, 0) is 0 Å². The van der Waals surface area contributed by atoms with Crippen LogP contribution in [-0.4, -0.2) is 0 Å². The van der Waals surface area contributed by atoms with E-state index < -0.39 is 11.6 Å². The van der Waals surface area contributed by atoms with Gasteiger partial charge in [-0.25, -0.2) is 8.78 Å². The molecule has 0 aliphatic rings. The molecule has 0 saturated heterocycles. The summed E-state index contributed by atoms with van der Waals surface area (Å²) in [6.07, 6.45) is 0. The summed E-state index contributed by atoms with van der Waals surface area (Å²) in [6.45, 7) is 0. The molecule has 3 heteroatoms. The first-order valence-electron chi connectivity index (χ1n) is 4.38. The van der Waals surface area contributed by atoms with Gasteiger partial charge in [-0.05, 0) is 23.8 Å². The molecule has 0 N–H and O–H groups in total. The van der Waals surface area contributed by atoms with E-state index in [1.807, 2.05) is 18.2 Å². The first-order valence-corrected chi connectivity index (χ1v) is 5.18. The summed E-state index contributed by atoms with van der Waals surface area (Å²) >= 11 is 3.33. The van der Waals surface area contributed by atoms with Crippen LogP contribution in [0.4, 0.5) is 8.78 Å². The van der Waals surface area contributed by atoms with Crippen molar-refractivity contribution in [1.29, 1.82) is 0 Å². The van der Waals surface area contributed by atoms with Gasteiger partial charge in [0.25, 0.3) is 0 Å². The highest BCUT2D eigenvalue weighted by atomic mass is 79.9. The molecule has 0 amide bonds. The molecule has 0 aliphatic carbocycles. The van der Waals surface area contributed by atoms with Crippen molar-refractivity contribution in [3.05, 3.63) is 58.6 Å². The zero-order valence-corrected chi connectivity index (χ0v) is 9.26. The van der Waals surface area contributed by atoms with Crippen LogP contribution in [0.15, 0.2) is 46.9 Å². The maximum absolute atomic E-state index is 13.5. The van der Waals surface area contributed by atoms with E-state index in [2.05, 4.69) is 15.9 Å². The van der Waals surface area contributed by atoms with Crippen LogP contribution >= 0.6 is 15.9 Å². The number of hydrogen-bond donors (Lipinski definition) is 0. The van der Waals surface area contributed by atoms with E-state index >= 15 is 0 Å². The van der Waals surface area contributed by atoms with Gasteiger partial charge in [0.05, 0.1) is 0 Å². The van der Waals surface area contributed by atoms with Crippen LogP contribution in [0.3, 0.4) is 0 Å². The molecule has 2 rings (SSSR count). The van der Waals surface area contributed by atoms with Crippen molar-refractivity contribution in [3.8, 4) is 11.1 Å². The molecule has 0 spiro atoms. The Hall–Kier alpha value is -1.22. The van der Waals surface area contributed by atoms with E-state index in [0.29, 0.717) is 5.56 Å². The van der Waals surface area contributed by atoms with Crippen molar-refractivity contribution in [1.82, 2.24) is 0 Å². The molecule has 0 atom stereocenters. The van der Waals surface area contributed by atoms with Gasteiger partial charge in [0.1, 0.15) is 11.6 Å². The van der Waals surface area contributed by atoms with Gasteiger partial charge < -0.3 is 0 Å². The third-order valence-corrected chi connectivity index (χ3v) is 2.79. The lowest BCUT2D eigenvalue weighted by Gasteiger charge is -2.05. The van der Waals surface area contributed by atoms with Crippen LogP contribution in [0.2, 0.25) is 0 Å². The molecule has 0 heterocycles. The molecule has 0 aromatic heterocycles. The monoisotopic (exact) mass is 268 g/mol. The van der Waals surface area contributed by atoms with Crippen molar-refractivity contribution in [2.75, 3.05) is 0 Å². The second-order valence-electron chi connectivity index (χ2n) is 3.10. The first kappa shape index (κ1) is 10.3. The summed E-state index contributed by atoms with van der Waals surface area (Å²) < 4.78 is 27.0. The van der Waals surface area contributed by atoms with E-state index in [0.717, 1.165) is 16.1 Å². The van der Waals surface area contributed by atoms with Gasteiger partial charge in [0.2, 0.25) is 0 Å². The summed E-state index contributed by atoms with van der Waals surface area (Å²) in [5.74, 6) is -1.12. The minimum Gasteiger partial charge on any atom is -0.207 e. The minimum atomic E-state index is -0.566. The average molecular weight is 269 g/mol. The Morgan fingerprint density at radius 2 is 1.60 bits per heavy atom. The number of benzene rings is 2. The Morgan fingerprint density at radius 1 is 0.867 bits per heavy atom. The maximum Gasteiger partial charge on any atom is 0.133 e. The van der Waals surface area contributed by atoms with Crippen molar-refractivity contribution >= 4 is 15.9 Å². The molecule has 0 aliphatic heterocycles. The normalized spacial score (nSPS) is 10.3. The van der Waals surface area contributed by atoms with Crippen LogP contribution in [0, 0.1) is 11.6 Å². The van der Waals surface area contributed by atoms with Crippen LogP contribution in [0.1, 0.15) is 0 Å². The largest absolute Gasteiger partial charge is 0.207 e. The fraction of sp³-hybridized carbons (Fsp3) is 0. The van der Waals surface area contributed by atoms with Crippen LogP contribution in [0.5, 0.6) is 0 Å². The number of hydrogen-bond acceptors (Lipinski definition) is 0. The van der Waals surface area contributed by atoms with Gasteiger partial charge in [-0.2, -0.15) is 0 Å². The third-order valence-electron chi connectivity index (χ3n) is 2.10. The molecule has 0 fully saturated rings. The fourth-order valence-corrected chi connectivity index (χ4v) is 1.89. The molecule has 0 bridgehead atoms. The Bertz CT molecular complexity index is 495. The highest BCUT2D eigenvalue weighted by Crippen LogP contribution is 2.29. The summed E-state index contributed by atoms with van der Waals surface area (Å²) in [5.41, 5.74) is 1.11. The van der Waals surface area contributed by atoms with E-state index in [1.54, 1.807) is 6.07 Å². The highest BCUT2D eigenvalue weighted by Gasteiger charge is 2.08. The predicted octanol–water partition coefficient (Wildman–Crippen LogP) is 4.39. The molecule has 0 unspecified atom stereocenters. The summed E-state index contributed by atoms with van der Waals surface area (Å²) in [5, 5.41) is 0. The van der Waals surface area contributed by atoms with Gasteiger partial charge in [-0.15, -0.1) is 0 Å². The zero-order valence-electron chi connectivity index (χ0n) is 7.68. The lowest BCUT2D eigenvalue weighted by Crippen LogP contribution is -1.86. The Kier molecular flexibility index (Phi) is 2.82. The van der Waals surface area contributed by atoms with Crippen molar-refractivity contribution in [2.24, 2.45) is 0 Å². The molecule has 2 aromatic carbocycles. The average Bonchev–Trinajstić information content (AvgIpc) is 2.20. The standard InChI is InChI=1S/C12H7BrF2/c13-11-4-2-1-3-9(11)10-6-5-8(14)7-12(10)15/h1-7H. The SMILES string of the molecule is Fc1ccc(-c2ccccc2Br)c(F)c1. The Balaban J connectivity index is 2.60. The van der Waals surface area contributed by atoms with Gasteiger partial charge in [0, 0.05) is 16.1 Å². The van der Waals surface area contributed by atoms with Gasteiger partial charge in [0.15, 0.2) is 0 Å². The van der Waals surface area contributed by atoms with Gasteiger partial charge in [-0.1, -0.05) is 34.1 Å². The molecule has 0 radical (unpaired) electrons. The summed E-state index contributed by atoms with van der Waals surface area (Å²) in [4.78, 5) is 0. The fourth-order valence-electron chi connectivity index (χ4n) is 1.39. The molecule has 0 saturated carbocycles. The molecule has 0 nitrogen and oxygen atoms in total. The van der Waals surface area contributed by atoms with E-state index in [9.17, 15) is 8.78 Å². The Labute approximate surface area is 94.7 Å². The van der Waals surface area contributed by atoms with E-state index in [4.69, 9.17) is 0 Å². The summed E-state index contributed by atoms with van der Waals surface area (Å²) in [7, 11) is 0. The smallest absolute Gasteiger partial charge is 0.133 e. The quantitative estimate of drug-likeness (QED) is 0.720. The molecular weight excluding hydrogens is 262 g/mol. The second-order valence-corrected chi connectivity index (χ2v) is 3.96. The topological polar surface area (TPSA) is 0 Å². The first-order chi connectivity index (χ1) is 7.18. The van der Waals surface area contributed by atoms with Crippen molar-refractivity contribution < 1.29 is 8.78 Å². The van der Waals surface area contributed by atoms with E-state index in [1.165, 1.54) is 12.1 Å². The highest BCUT2D eigenvalue weighted by molar-refractivity contribution is 9.10. The molecular formula is C12H7BrF2. The van der Waals surface area contributed by atoms with Gasteiger partial charge in [-0.3, -0.25) is 0 Å². The predicted molar refractivity (Wildman–Crippen MR) is 59.5 cm³/mol. The molecule has 15 heavy (non-hydrogen) atoms. The van der Waals surface area contributed by atoms with Crippen LogP contribution < -0.4 is 0 Å². The number of halogens is 3. The second kappa shape index (κ2) is 4.11. The van der Waals surface area contributed by atoms with Crippen molar-refractivity contribution in [2.45, 2.75) is 0 Å². The van der Waals surface area contributed by atoms with Crippen molar-refractivity contribution in [3.63, 3.8) is 0 Å². The minimum absolute atomic E-state index is 0.392. The maximum atomic E-state index is 13.5. The molecule has 76 valence electrons. The van der Waals surface area contributed by atoms with Gasteiger partial charge >= 0.3 is 0 Å². The van der Waals surface area contributed by atoms with Crippen LogP contribution in [0.25, 0.3) is 11.1 Å². The van der Waals surface area contributed by atoms with E-state index in [-0.39, 0.29) is 0 Å².